The molecule has 33 heavy (non-hydrogen) atoms. The average Bonchev–Trinajstić information content (AvgIpc) is 3.12. The van der Waals surface area contributed by atoms with Crippen LogP contribution < -0.4 is 20.7 Å². The number of aromatic nitrogens is 2. The summed E-state index contributed by atoms with van der Waals surface area (Å²) in [6, 6.07) is 5.71. The summed E-state index contributed by atoms with van der Waals surface area (Å²) in [5, 5.41) is 9.33. The molecule has 1 aromatic heterocycles. The van der Waals surface area contributed by atoms with Crippen LogP contribution in [0.3, 0.4) is 0 Å². The van der Waals surface area contributed by atoms with Gasteiger partial charge in [0, 0.05) is 44.1 Å². The first-order valence-electron chi connectivity index (χ1n) is 10.9. The largest absolute Gasteiger partial charge is 0.496 e. The molecule has 0 spiro atoms. The topological polar surface area (TPSA) is 112 Å². The molecule has 2 aliphatic heterocycles. The standard InChI is InChI=1S/C23H29N7O3/c1-29-12-15-10-16(6-7-18(15)33-3)25-11-17-20-21(26-14-27-22(20)28-23(17)32)24-8-4-5-9-30(2)19(31)13-29/h6-7,10-11,14,25H,4-5,8-9,12-13H2,1-3H3,(H2,24,26,27,28,32)/b17-11-. The maximum Gasteiger partial charge on any atom is 0.259 e. The summed E-state index contributed by atoms with van der Waals surface area (Å²) in [5.74, 6) is 1.67. The van der Waals surface area contributed by atoms with E-state index in [4.69, 9.17) is 4.74 Å². The van der Waals surface area contributed by atoms with Crippen molar-refractivity contribution in [2.75, 3.05) is 56.8 Å². The van der Waals surface area contributed by atoms with Gasteiger partial charge in [-0.25, -0.2) is 9.97 Å². The number of methoxy groups -OCH3 is 1. The first kappa shape index (κ1) is 22.5. The lowest BCUT2D eigenvalue weighted by Gasteiger charge is -2.23. The summed E-state index contributed by atoms with van der Waals surface area (Å²) in [5.41, 5.74) is 2.84. The maximum atomic E-state index is 12.6. The third-order valence-corrected chi connectivity index (χ3v) is 5.74. The monoisotopic (exact) mass is 451 g/mol. The SMILES string of the molecule is COc1ccc2cc1CN(C)CC(=O)N(C)CCCCNc1ncnc3c1/C(=C/N2)C(=O)N3. The van der Waals surface area contributed by atoms with E-state index in [1.807, 2.05) is 37.2 Å². The summed E-state index contributed by atoms with van der Waals surface area (Å²) >= 11 is 0. The molecule has 0 aliphatic carbocycles. The van der Waals surface area contributed by atoms with Crippen LogP contribution in [-0.4, -0.2) is 72.4 Å². The molecule has 4 rings (SSSR count). The van der Waals surface area contributed by atoms with Crippen LogP contribution in [0.4, 0.5) is 17.3 Å². The fraction of sp³-hybridized carbons (Fsp3) is 0.391. The Labute approximate surface area is 193 Å². The zero-order valence-electron chi connectivity index (χ0n) is 19.1. The van der Waals surface area contributed by atoms with E-state index >= 15 is 0 Å². The van der Waals surface area contributed by atoms with E-state index in [1.165, 1.54) is 6.33 Å². The molecule has 10 nitrogen and oxygen atoms in total. The molecule has 2 amide bonds. The fourth-order valence-electron chi connectivity index (χ4n) is 3.95. The molecule has 1 aromatic carbocycles. The van der Waals surface area contributed by atoms with Gasteiger partial charge in [0.15, 0.2) is 0 Å². The highest BCUT2D eigenvalue weighted by Crippen LogP contribution is 2.35. The van der Waals surface area contributed by atoms with Gasteiger partial charge in [0.05, 0.1) is 24.8 Å². The van der Waals surface area contributed by atoms with Gasteiger partial charge in [-0.2, -0.15) is 0 Å². The van der Waals surface area contributed by atoms with Crippen LogP contribution in [0.2, 0.25) is 0 Å². The third-order valence-electron chi connectivity index (χ3n) is 5.74. The molecule has 0 unspecified atom stereocenters. The summed E-state index contributed by atoms with van der Waals surface area (Å²) < 4.78 is 5.52. The van der Waals surface area contributed by atoms with Crippen molar-refractivity contribution in [2.24, 2.45) is 0 Å². The molecule has 3 N–H and O–H groups in total. The highest BCUT2D eigenvalue weighted by molar-refractivity contribution is 6.32. The van der Waals surface area contributed by atoms with Gasteiger partial charge in [0.1, 0.15) is 23.7 Å². The lowest BCUT2D eigenvalue weighted by Crippen LogP contribution is -2.37. The lowest BCUT2D eigenvalue weighted by molar-refractivity contribution is -0.131. The Hall–Kier alpha value is -3.66. The molecular weight excluding hydrogens is 422 g/mol. The quantitative estimate of drug-likeness (QED) is 0.604. The molecule has 2 aliphatic rings. The second-order valence-electron chi connectivity index (χ2n) is 8.25. The number of likely N-dealkylation sites (N-methyl/N-ethyl adjacent to an activating group) is 2. The highest BCUT2D eigenvalue weighted by Gasteiger charge is 2.29. The fourth-order valence-corrected chi connectivity index (χ4v) is 3.95. The minimum atomic E-state index is -0.232. The molecule has 3 heterocycles. The molecule has 0 saturated heterocycles. The van der Waals surface area contributed by atoms with E-state index in [1.54, 1.807) is 18.2 Å². The first-order chi connectivity index (χ1) is 16.0. The Kier molecular flexibility index (Phi) is 6.74. The Morgan fingerprint density at radius 2 is 1.88 bits per heavy atom. The number of rotatable bonds is 1. The van der Waals surface area contributed by atoms with Gasteiger partial charge in [0.25, 0.3) is 5.91 Å². The Balaban J connectivity index is 1.69. The van der Waals surface area contributed by atoms with Crippen LogP contribution in [0, 0.1) is 0 Å². The second-order valence-corrected chi connectivity index (χ2v) is 8.25. The molecule has 10 heteroatoms. The van der Waals surface area contributed by atoms with Crippen LogP contribution in [0.15, 0.2) is 30.7 Å². The molecule has 2 bridgehead atoms. The van der Waals surface area contributed by atoms with E-state index in [9.17, 15) is 9.59 Å². The molecule has 174 valence electrons. The predicted molar refractivity (Wildman–Crippen MR) is 127 cm³/mol. The molecule has 0 saturated carbocycles. The Morgan fingerprint density at radius 3 is 2.70 bits per heavy atom. The van der Waals surface area contributed by atoms with Gasteiger partial charge >= 0.3 is 0 Å². The Morgan fingerprint density at radius 1 is 1.06 bits per heavy atom. The van der Waals surface area contributed by atoms with Crippen molar-refractivity contribution in [3.8, 4) is 5.75 Å². The predicted octanol–water partition coefficient (Wildman–Crippen LogP) is 1.99. The molecule has 0 atom stereocenters. The van der Waals surface area contributed by atoms with Crippen molar-refractivity contribution in [1.29, 1.82) is 0 Å². The first-order valence-corrected chi connectivity index (χ1v) is 10.9. The van der Waals surface area contributed by atoms with Gasteiger partial charge in [-0.1, -0.05) is 0 Å². The van der Waals surface area contributed by atoms with Gasteiger partial charge in [-0.3, -0.25) is 14.5 Å². The summed E-state index contributed by atoms with van der Waals surface area (Å²) in [4.78, 5) is 37.6. The van der Waals surface area contributed by atoms with E-state index in [2.05, 4.69) is 25.9 Å². The number of benzene rings is 1. The van der Waals surface area contributed by atoms with Gasteiger partial charge in [0.2, 0.25) is 5.91 Å². The minimum Gasteiger partial charge on any atom is -0.496 e. The summed E-state index contributed by atoms with van der Waals surface area (Å²) in [6.45, 7) is 2.19. The van der Waals surface area contributed by atoms with Crippen LogP contribution >= 0.6 is 0 Å². The number of carbonyl (C=O) groups excluding carboxylic acids is 2. The highest BCUT2D eigenvalue weighted by atomic mass is 16.5. The zero-order chi connectivity index (χ0) is 23.4. The second kappa shape index (κ2) is 9.86. The van der Waals surface area contributed by atoms with Gasteiger partial charge in [-0.15, -0.1) is 0 Å². The maximum absolute atomic E-state index is 12.6. The zero-order valence-corrected chi connectivity index (χ0v) is 19.1. The van der Waals surface area contributed by atoms with Gasteiger partial charge < -0.3 is 25.6 Å². The minimum absolute atomic E-state index is 0.0746. The van der Waals surface area contributed by atoms with Crippen LogP contribution in [0.1, 0.15) is 24.0 Å². The number of amides is 2. The van der Waals surface area contributed by atoms with Crippen molar-refractivity contribution in [1.82, 2.24) is 19.8 Å². The number of anilines is 3. The number of carbonyl (C=O) groups is 2. The molecule has 0 radical (unpaired) electrons. The van der Waals surface area contributed by atoms with E-state index in [-0.39, 0.29) is 11.8 Å². The number of hydrogen-bond donors (Lipinski definition) is 3. The smallest absolute Gasteiger partial charge is 0.259 e. The average molecular weight is 452 g/mol. The van der Waals surface area contributed by atoms with Crippen LogP contribution in [-0.2, 0) is 16.1 Å². The van der Waals surface area contributed by atoms with Crippen LogP contribution in [0.25, 0.3) is 5.57 Å². The number of fused-ring (bicyclic) bond motifs is 2. The van der Waals surface area contributed by atoms with E-state index in [0.29, 0.717) is 49.0 Å². The Bertz CT molecular complexity index is 1090. The summed E-state index contributed by atoms with van der Waals surface area (Å²) in [6.07, 6.45) is 4.81. The number of nitrogens with one attached hydrogen (secondary N) is 3. The van der Waals surface area contributed by atoms with E-state index in [0.717, 1.165) is 29.8 Å². The number of nitrogens with zero attached hydrogens (tertiary/aromatic N) is 4. The lowest BCUT2D eigenvalue weighted by atomic mass is 10.1. The molecular formula is C23H29N7O3. The van der Waals surface area contributed by atoms with Crippen molar-refractivity contribution in [2.45, 2.75) is 19.4 Å². The van der Waals surface area contributed by atoms with Crippen molar-refractivity contribution >= 4 is 34.7 Å². The van der Waals surface area contributed by atoms with Gasteiger partial charge in [-0.05, 0) is 38.1 Å². The van der Waals surface area contributed by atoms with Crippen molar-refractivity contribution in [3.63, 3.8) is 0 Å². The van der Waals surface area contributed by atoms with Crippen molar-refractivity contribution in [3.05, 3.63) is 41.9 Å². The molecule has 2 aromatic rings. The van der Waals surface area contributed by atoms with E-state index < -0.39 is 0 Å². The normalized spacial score (nSPS) is 19.2. The molecule has 0 fully saturated rings. The van der Waals surface area contributed by atoms with Crippen molar-refractivity contribution < 1.29 is 14.3 Å². The van der Waals surface area contributed by atoms with Crippen LogP contribution in [0.5, 0.6) is 5.75 Å². The third kappa shape index (κ3) is 5.06. The number of ether oxygens (including phenoxy) is 1. The number of hydrogen-bond acceptors (Lipinski definition) is 8. The summed E-state index contributed by atoms with van der Waals surface area (Å²) in [7, 11) is 5.37.